The predicted molar refractivity (Wildman–Crippen MR) is 60.0 cm³/mol. The van der Waals surface area contributed by atoms with Crippen LogP contribution in [-0.2, 0) is 4.74 Å². The summed E-state index contributed by atoms with van der Waals surface area (Å²) in [5, 5.41) is 8.83. The van der Waals surface area contributed by atoms with E-state index in [-0.39, 0.29) is 0 Å². The van der Waals surface area contributed by atoms with Crippen LogP contribution in [0.15, 0.2) is 12.3 Å². The molecule has 0 saturated carbocycles. The number of nitrogens with zero attached hydrogens (tertiary/aromatic N) is 2. The van der Waals surface area contributed by atoms with Gasteiger partial charge in [-0.1, -0.05) is 6.92 Å². The molecule has 0 aliphatic rings. The zero-order valence-corrected chi connectivity index (χ0v) is 9.27. The summed E-state index contributed by atoms with van der Waals surface area (Å²) in [5.74, 6) is 0.303. The molecule has 5 heteroatoms. The Balaban J connectivity index is 2.45. The molecule has 16 heavy (non-hydrogen) atoms. The van der Waals surface area contributed by atoms with Crippen molar-refractivity contribution in [2.45, 2.75) is 13.3 Å². The highest BCUT2D eigenvalue weighted by Crippen LogP contribution is 2.16. The Labute approximate surface area is 94.8 Å². The van der Waals surface area contributed by atoms with Crippen LogP contribution in [0.25, 0.3) is 0 Å². The van der Waals surface area contributed by atoms with Gasteiger partial charge in [0.05, 0.1) is 18.5 Å². The van der Waals surface area contributed by atoms with E-state index in [1.165, 1.54) is 12.3 Å². The molecule has 0 unspecified atom stereocenters. The molecule has 1 aromatic rings. The van der Waals surface area contributed by atoms with E-state index >= 15 is 0 Å². The first kappa shape index (κ1) is 12.3. The maximum absolute atomic E-state index is 8.83. The second kappa shape index (κ2) is 6.64. The Morgan fingerprint density at radius 2 is 2.25 bits per heavy atom. The molecule has 0 fully saturated rings. The van der Waals surface area contributed by atoms with E-state index in [4.69, 9.17) is 20.5 Å². The van der Waals surface area contributed by atoms with Crippen molar-refractivity contribution in [3.8, 4) is 11.9 Å². The smallest absolute Gasteiger partial charge is 0.231 e. The molecule has 86 valence electrons. The van der Waals surface area contributed by atoms with Gasteiger partial charge in [-0.2, -0.15) is 5.26 Å². The fourth-order valence-electron chi connectivity index (χ4n) is 1.11. The fraction of sp³-hybridized carbons (Fsp3) is 0.455. The molecule has 0 aromatic carbocycles. The normalized spacial score (nSPS) is 9.75. The third kappa shape index (κ3) is 3.75. The van der Waals surface area contributed by atoms with Gasteiger partial charge in [0.1, 0.15) is 18.2 Å². The lowest BCUT2D eigenvalue weighted by atomic mass is 10.3. The van der Waals surface area contributed by atoms with E-state index in [2.05, 4.69) is 4.98 Å². The largest absolute Gasteiger partial charge is 0.474 e. The molecule has 0 spiro atoms. The summed E-state index contributed by atoms with van der Waals surface area (Å²) >= 11 is 0. The number of pyridine rings is 1. The first-order chi connectivity index (χ1) is 7.77. The quantitative estimate of drug-likeness (QED) is 0.733. The van der Waals surface area contributed by atoms with Gasteiger partial charge in [0, 0.05) is 6.61 Å². The van der Waals surface area contributed by atoms with Crippen molar-refractivity contribution in [2.24, 2.45) is 0 Å². The van der Waals surface area contributed by atoms with Crippen molar-refractivity contribution in [3.63, 3.8) is 0 Å². The van der Waals surface area contributed by atoms with Crippen LogP contribution < -0.4 is 10.5 Å². The summed E-state index contributed by atoms with van der Waals surface area (Å²) in [7, 11) is 0. The van der Waals surface area contributed by atoms with Crippen LogP contribution in [0, 0.1) is 11.3 Å². The lowest BCUT2D eigenvalue weighted by Crippen LogP contribution is -2.09. The number of nitrogen functional groups attached to an aromatic ring is 1. The van der Waals surface area contributed by atoms with Crippen LogP contribution in [0.4, 0.5) is 5.69 Å². The van der Waals surface area contributed by atoms with E-state index in [1.54, 1.807) is 0 Å². The molecule has 1 heterocycles. The second-order valence-electron chi connectivity index (χ2n) is 3.19. The van der Waals surface area contributed by atoms with Gasteiger partial charge in [0.2, 0.25) is 5.88 Å². The second-order valence-corrected chi connectivity index (χ2v) is 3.19. The van der Waals surface area contributed by atoms with Crippen molar-refractivity contribution < 1.29 is 9.47 Å². The minimum Gasteiger partial charge on any atom is -0.474 e. The van der Waals surface area contributed by atoms with Crippen LogP contribution in [0.2, 0.25) is 0 Å². The number of anilines is 1. The van der Waals surface area contributed by atoms with E-state index < -0.39 is 0 Å². The van der Waals surface area contributed by atoms with Gasteiger partial charge in [-0.25, -0.2) is 4.98 Å². The zero-order chi connectivity index (χ0) is 11.8. The monoisotopic (exact) mass is 221 g/mol. The number of hydrogen-bond acceptors (Lipinski definition) is 5. The average molecular weight is 221 g/mol. The topological polar surface area (TPSA) is 81.2 Å². The van der Waals surface area contributed by atoms with Gasteiger partial charge < -0.3 is 15.2 Å². The first-order valence-electron chi connectivity index (χ1n) is 5.14. The highest BCUT2D eigenvalue weighted by molar-refractivity contribution is 5.48. The molecule has 0 aliphatic heterocycles. The van der Waals surface area contributed by atoms with Crippen LogP contribution in [0.5, 0.6) is 5.88 Å². The number of nitrogens with two attached hydrogens (primary N) is 1. The Kier molecular flexibility index (Phi) is 5.09. The molecule has 1 rings (SSSR count). The summed E-state index contributed by atoms with van der Waals surface area (Å²) in [6.07, 6.45) is 2.44. The zero-order valence-electron chi connectivity index (χ0n) is 9.27. The molecular weight excluding hydrogens is 206 g/mol. The molecule has 2 N–H and O–H groups in total. The average Bonchev–Trinajstić information content (AvgIpc) is 2.30. The summed E-state index contributed by atoms with van der Waals surface area (Å²) in [6.45, 7) is 3.62. The fourth-order valence-corrected chi connectivity index (χ4v) is 1.11. The summed E-state index contributed by atoms with van der Waals surface area (Å²) in [5.41, 5.74) is 6.30. The van der Waals surface area contributed by atoms with Gasteiger partial charge >= 0.3 is 0 Å². The molecule has 0 amide bonds. The molecular formula is C11H15N3O2. The number of hydrogen-bond donors (Lipinski definition) is 1. The Morgan fingerprint density at radius 1 is 1.44 bits per heavy atom. The highest BCUT2D eigenvalue weighted by Gasteiger charge is 2.04. The molecule has 0 aliphatic carbocycles. The Bertz CT molecular complexity index is 374. The number of ether oxygens (including phenoxy) is 2. The first-order valence-corrected chi connectivity index (χ1v) is 5.14. The van der Waals surface area contributed by atoms with Crippen LogP contribution in [0.3, 0.4) is 0 Å². The summed E-state index contributed by atoms with van der Waals surface area (Å²) < 4.78 is 10.6. The van der Waals surface area contributed by atoms with E-state index in [1.807, 2.05) is 13.0 Å². The summed E-state index contributed by atoms with van der Waals surface area (Å²) in [4.78, 5) is 3.94. The number of rotatable bonds is 6. The van der Waals surface area contributed by atoms with Crippen molar-refractivity contribution in [1.82, 2.24) is 4.98 Å². The Hall–Kier alpha value is -1.80. The van der Waals surface area contributed by atoms with Gasteiger partial charge in [-0.3, -0.25) is 0 Å². The van der Waals surface area contributed by atoms with E-state index in [0.717, 1.165) is 6.42 Å². The van der Waals surface area contributed by atoms with E-state index in [9.17, 15) is 0 Å². The SMILES string of the molecule is CCCOCCOc1ncc(N)cc1C#N. The standard InChI is InChI=1S/C11H15N3O2/c1-2-3-15-4-5-16-11-9(7-12)6-10(13)8-14-11/h6,8H,2-5,13H2,1H3. The molecule has 0 bridgehead atoms. The van der Waals surface area contributed by atoms with Crippen LogP contribution in [0.1, 0.15) is 18.9 Å². The third-order valence-corrected chi connectivity index (χ3v) is 1.81. The number of aromatic nitrogens is 1. The van der Waals surface area contributed by atoms with Gasteiger partial charge in [-0.15, -0.1) is 0 Å². The molecule has 1 aromatic heterocycles. The van der Waals surface area contributed by atoms with Gasteiger partial charge in [0.15, 0.2) is 0 Å². The molecule has 0 atom stereocenters. The van der Waals surface area contributed by atoms with Crippen LogP contribution >= 0.6 is 0 Å². The number of nitriles is 1. The van der Waals surface area contributed by atoms with Crippen molar-refractivity contribution >= 4 is 5.69 Å². The maximum atomic E-state index is 8.83. The molecule has 5 nitrogen and oxygen atoms in total. The lowest BCUT2D eigenvalue weighted by molar-refractivity contribution is 0.0989. The molecule has 0 radical (unpaired) electrons. The highest BCUT2D eigenvalue weighted by atomic mass is 16.5. The third-order valence-electron chi connectivity index (χ3n) is 1.81. The summed E-state index contributed by atoms with van der Waals surface area (Å²) in [6, 6.07) is 3.52. The minimum absolute atomic E-state index is 0.303. The Morgan fingerprint density at radius 3 is 2.94 bits per heavy atom. The van der Waals surface area contributed by atoms with Crippen molar-refractivity contribution in [3.05, 3.63) is 17.8 Å². The lowest BCUT2D eigenvalue weighted by Gasteiger charge is -2.07. The van der Waals surface area contributed by atoms with Gasteiger partial charge in [0.25, 0.3) is 0 Å². The van der Waals surface area contributed by atoms with Crippen LogP contribution in [-0.4, -0.2) is 24.8 Å². The molecule has 0 saturated heterocycles. The van der Waals surface area contributed by atoms with Gasteiger partial charge in [-0.05, 0) is 12.5 Å². The minimum atomic E-state index is 0.303. The van der Waals surface area contributed by atoms with Crippen molar-refractivity contribution in [1.29, 1.82) is 5.26 Å². The van der Waals surface area contributed by atoms with Crippen molar-refractivity contribution in [2.75, 3.05) is 25.6 Å². The van der Waals surface area contributed by atoms with E-state index in [0.29, 0.717) is 37.0 Å². The predicted octanol–water partition coefficient (Wildman–Crippen LogP) is 1.34. The maximum Gasteiger partial charge on any atom is 0.231 e.